The maximum absolute atomic E-state index is 4.11. The molecule has 0 bridgehead atoms. The van der Waals surface area contributed by atoms with Crippen molar-refractivity contribution in [1.82, 2.24) is 0 Å². The van der Waals surface area contributed by atoms with E-state index in [0.717, 1.165) is 6.42 Å². The van der Waals surface area contributed by atoms with Crippen molar-refractivity contribution in [3.8, 4) is 0 Å². The first-order valence-corrected chi connectivity index (χ1v) is 5.77. The SMILES string of the molecule is C=C(Cc1ccc(C(C)C)cc1)C(C)C. The van der Waals surface area contributed by atoms with Gasteiger partial charge in [-0.1, -0.05) is 64.1 Å². The second-order valence-electron chi connectivity index (χ2n) is 4.89. The molecule has 0 heterocycles. The van der Waals surface area contributed by atoms with Crippen LogP contribution in [0, 0.1) is 5.92 Å². The summed E-state index contributed by atoms with van der Waals surface area (Å²) in [5.41, 5.74) is 4.10. The molecule has 1 rings (SSSR count). The Morgan fingerprint density at radius 1 is 1.07 bits per heavy atom. The van der Waals surface area contributed by atoms with Gasteiger partial charge in [-0.2, -0.15) is 0 Å². The minimum atomic E-state index is 0.578. The number of benzene rings is 1. The van der Waals surface area contributed by atoms with Gasteiger partial charge < -0.3 is 0 Å². The Labute approximate surface area is 94.0 Å². The highest BCUT2D eigenvalue weighted by Crippen LogP contribution is 2.18. The average Bonchev–Trinajstić information content (AvgIpc) is 2.18. The number of allylic oxidation sites excluding steroid dienone is 1. The van der Waals surface area contributed by atoms with E-state index in [1.807, 2.05) is 0 Å². The third-order valence-corrected chi connectivity index (χ3v) is 2.89. The molecule has 1 aromatic carbocycles. The van der Waals surface area contributed by atoms with Crippen molar-refractivity contribution in [1.29, 1.82) is 0 Å². The molecule has 0 radical (unpaired) electrons. The van der Waals surface area contributed by atoms with Gasteiger partial charge in [0.05, 0.1) is 0 Å². The van der Waals surface area contributed by atoms with Crippen molar-refractivity contribution in [3.05, 3.63) is 47.5 Å². The number of hydrogen-bond acceptors (Lipinski definition) is 0. The van der Waals surface area contributed by atoms with E-state index in [1.54, 1.807) is 0 Å². The highest BCUT2D eigenvalue weighted by atomic mass is 14.1. The third-order valence-electron chi connectivity index (χ3n) is 2.89. The summed E-state index contributed by atoms with van der Waals surface area (Å²) in [4.78, 5) is 0. The van der Waals surface area contributed by atoms with Crippen LogP contribution in [-0.4, -0.2) is 0 Å². The van der Waals surface area contributed by atoms with Crippen LogP contribution in [0.25, 0.3) is 0 Å². The van der Waals surface area contributed by atoms with Gasteiger partial charge in [-0.25, -0.2) is 0 Å². The van der Waals surface area contributed by atoms with E-state index in [9.17, 15) is 0 Å². The molecule has 0 fully saturated rings. The molecule has 1 aromatic rings. The Bertz CT molecular complexity index is 314. The summed E-state index contributed by atoms with van der Waals surface area (Å²) < 4.78 is 0. The third kappa shape index (κ3) is 3.54. The molecule has 0 aliphatic heterocycles. The smallest absolute Gasteiger partial charge is 0.00672 e. The predicted molar refractivity (Wildman–Crippen MR) is 68.2 cm³/mol. The van der Waals surface area contributed by atoms with Crippen LogP contribution in [0.3, 0.4) is 0 Å². The molecule has 0 saturated heterocycles. The van der Waals surface area contributed by atoms with Crippen LogP contribution in [0.2, 0.25) is 0 Å². The van der Waals surface area contributed by atoms with Crippen LogP contribution in [0.4, 0.5) is 0 Å². The van der Waals surface area contributed by atoms with Gasteiger partial charge >= 0.3 is 0 Å². The second kappa shape index (κ2) is 5.16. The molecule has 0 heteroatoms. The van der Waals surface area contributed by atoms with Gasteiger partial charge in [0, 0.05) is 0 Å². The average molecular weight is 202 g/mol. The minimum Gasteiger partial charge on any atom is -0.0993 e. The topological polar surface area (TPSA) is 0 Å². The highest BCUT2D eigenvalue weighted by Gasteiger charge is 2.03. The summed E-state index contributed by atoms with van der Waals surface area (Å²) in [7, 11) is 0. The van der Waals surface area contributed by atoms with E-state index in [-0.39, 0.29) is 0 Å². The molecule has 0 unspecified atom stereocenters. The van der Waals surface area contributed by atoms with Gasteiger partial charge in [0.1, 0.15) is 0 Å². The molecule has 15 heavy (non-hydrogen) atoms. The zero-order valence-corrected chi connectivity index (χ0v) is 10.4. The first-order valence-electron chi connectivity index (χ1n) is 5.77. The van der Waals surface area contributed by atoms with E-state index >= 15 is 0 Å². The minimum absolute atomic E-state index is 0.578. The molecule has 0 aliphatic carbocycles. The monoisotopic (exact) mass is 202 g/mol. The molecule has 0 aromatic heterocycles. The van der Waals surface area contributed by atoms with E-state index in [0.29, 0.717) is 11.8 Å². The maximum Gasteiger partial charge on any atom is -0.00672 e. The Balaban J connectivity index is 2.69. The summed E-state index contributed by atoms with van der Waals surface area (Å²) in [5, 5.41) is 0. The van der Waals surface area contributed by atoms with Gasteiger partial charge in [-0.3, -0.25) is 0 Å². The first-order chi connectivity index (χ1) is 7.00. The quantitative estimate of drug-likeness (QED) is 0.628. The summed E-state index contributed by atoms with van der Waals surface area (Å²) in [6.45, 7) is 13.0. The van der Waals surface area contributed by atoms with Crippen LogP contribution in [0.5, 0.6) is 0 Å². The van der Waals surface area contributed by atoms with Crippen LogP contribution in [-0.2, 0) is 6.42 Å². The van der Waals surface area contributed by atoms with E-state index < -0.39 is 0 Å². The fourth-order valence-electron chi connectivity index (χ4n) is 1.49. The Morgan fingerprint density at radius 3 is 2.00 bits per heavy atom. The van der Waals surface area contributed by atoms with Gasteiger partial charge in [0.15, 0.2) is 0 Å². The lowest BCUT2D eigenvalue weighted by Gasteiger charge is -2.10. The predicted octanol–water partition coefficient (Wildman–Crippen LogP) is 4.56. The van der Waals surface area contributed by atoms with Crippen molar-refractivity contribution in [2.45, 2.75) is 40.0 Å². The molecule has 0 spiro atoms. The largest absolute Gasteiger partial charge is 0.0993 e. The molecule has 0 saturated carbocycles. The zero-order chi connectivity index (χ0) is 11.4. The molecule has 0 atom stereocenters. The lowest BCUT2D eigenvalue weighted by Crippen LogP contribution is -1.97. The van der Waals surface area contributed by atoms with Gasteiger partial charge in [0.2, 0.25) is 0 Å². The van der Waals surface area contributed by atoms with Gasteiger partial charge in [0.25, 0.3) is 0 Å². The molecule has 0 N–H and O–H groups in total. The van der Waals surface area contributed by atoms with Crippen molar-refractivity contribution >= 4 is 0 Å². The molecular formula is C15H22. The normalized spacial score (nSPS) is 11.1. The zero-order valence-electron chi connectivity index (χ0n) is 10.4. The summed E-state index contributed by atoms with van der Waals surface area (Å²) in [5.74, 6) is 1.20. The van der Waals surface area contributed by atoms with Crippen molar-refractivity contribution in [2.75, 3.05) is 0 Å². The second-order valence-corrected chi connectivity index (χ2v) is 4.89. The molecule has 0 nitrogen and oxygen atoms in total. The molecule has 0 aliphatic rings. The highest BCUT2D eigenvalue weighted by molar-refractivity contribution is 5.27. The standard InChI is InChI=1S/C15H22/c1-11(2)13(5)10-14-6-8-15(9-7-14)12(3)4/h6-9,11-12H,5,10H2,1-4H3. The number of rotatable bonds is 4. The Hall–Kier alpha value is -1.04. The number of hydrogen-bond donors (Lipinski definition) is 0. The fourth-order valence-corrected chi connectivity index (χ4v) is 1.49. The van der Waals surface area contributed by atoms with Crippen LogP contribution in [0.15, 0.2) is 36.4 Å². The summed E-state index contributed by atoms with van der Waals surface area (Å²) >= 11 is 0. The molecule has 0 amide bonds. The van der Waals surface area contributed by atoms with E-state index in [2.05, 4.69) is 58.5 Å². The van der Waals surface area contributed by atoms with Gasteiger partial charge in [-0.05, 0) is 29.4 Å². The van der Waals surface area contributed by atoms with Crippen molar-refractivity contribution < 1.29 is 0 Å². The fraction of sp³-hybridized carbons (Fsp3) is 0.467. The van der Waals surface area contributed by atoms with Crippen molar-refractivity contribution in [2.24, 2.45) is 5.92 Å². The summed E-state index contributed by atoms with van der Waals surface area (Å²) in [6.07, 6.45) is 1.01. The molecular weight excluding hydrogens is 180 g/mol. The maximum atomic E-state index is 4.11. The van der Waals surface area contributed by atoms with Crippen LogP contribution in [0.1, 0.15) is 44.7 Å². The summed E-state index contributed by atoms with van der Waals surface area (Å²) in [6, 6.07) is 8.91. The Kier molecular flexibility index (Phi) is 4.14. The van der Waals surface area contributed by atoms with Gasteiger partial charge in [-0.15, -0.1) is 0 Å². The lowest BCUT2D eigenvalue weighted by molar-refractivity contribution is 0.744. The lowest BCUT2D eigenvalue weighted by atomic mass is 9.95. The first kappa shape index (κ1) is 12.0. The van der Waals surface area contributed by atoms with Crippen molar-refractivity contribution in [3.63, 3.8) is 0 Å². The van der Waals surface area contributed by atoms with E-state index in [4.69, 9.17) is 0 Å². The van der Waals surface area contributed by atoms with E-state index in [1.165, 1.54) is 16.7 Å². The van der Waals surface area contributed by atoms with Crippen LogP contribution >= 0.6 is 0 Å². The van der Waals surface area contributed by atoms with Crippen LogP contribution < -0.4 is 0 Å². The molecule has 82 valence electrons. The Morgan fingerprint density at radius 2 is 1.60 bits per heavy atom.